The van der Waals surface area contributed by atoms with Gasteiger partial charge in [-0.3, -0.25) is 14.2 Å². The third kappa shape index (κ3) is 8.39. The average molecular weight is 613 g/mol. The Hall–Kier alpha value is -4.29. The highest BCUT2D eigenvalue weighted by atomic mass is 32.2. The normalized spacial score (nSPS) is 14.0. The van der Waals surface area contributed by atoms with Gasteiger partial charge in [0.2, 0.25) is 5.95 Å². The van der Waals surface area contributed by atoms with E-state index in [0.717, 1.165) is 43.6 Å². The van der Waals surface area contributed by atoms with Crippen LogP contribution in [0.5, 0.6) is 0 Å². The molecule has 226 valence electrons. The van der Waals surface area contributed by atoms with Crippen molar-refractivity contribution in [1.82, 2.24) is 9.97 Å². The summed E-state index contributed by atoms with van der Waals surface area (Å²) in [6, 6.07) is 22.2. The molecule has 2 heterocycles. The Balaban J connectivity index is 0.000000324. The summed E-state index contributed by atoms with van der Waals surface area (Å²) in [4.78, 5) is 25.0. The fourth-order valence-corrected chi connectivity index (χ4v) is 5.11. The zero-order valence-corrected chi connectivity index (χ0v) is 24.4. The predicted octanol–water partition coefficient (Wildman–Crippen LogP) is 6.40. The van der Waals surface area contributed by atoms with Crippen LogP contribution < -0.4 is 9.80 Å². The van der Waals surface area contributed by atoms with Gasteiger partial charge in [0.25, 0.3) is 16.0 Å². The first kappa shape index (κ1) is 31.6. The smallest absolute Gasteiger partial charge is 0.341 e. The number of rotatable bonds is 5. The van der Waals surface area contributed by atoms with Crippen molar-refractivity contribution >= 4 is 27.8 Å². The van der Waals surface area contributed by atoms with Crippen LogP contribution in [0.25, 0.3) is 0 Å². The van der Waals surface area contributed by atoms with Gasteiger partial charge in [-0.25, -0.2) is 4.98 Å². The zero-order chi connectivity index (χ0) is 31.2. The van der Waals surface area contributed by atoms with Crippen LogP contribution in [0.4, 0.5) is 24.9 Å². The quantitative estimate of drug-likeness (QED) is 0.260. The number of alkyl halides is 3. The molecule has 12 heteroatoms. The van der Waals surface area contributed by atoms with Gasteiger partial charge < -0.3 is 4.90 Å². The van der Waals surface area contributed by atoms with Gasteiger partial charge in [0.1, 0.15) is 5.82 Å². The Morgan fingerprint density at radius 1 is 0.930 bits per heavy atom. The number of amides is 1. The largest absolute Gasteiger partial charge is 0.416 e. The van der Waals surface area contributed by atoms with Gasteiger partial charge in [-0.05, 0) is 73.7 Å². The number of carbonyl (C=O) groups is 1. The fraction of sp³-hybridized carbons (Fsp3) is 0.258. The van der Waals surface area contributed by atoms with Crippen LogP contribution in [0.15, 0.2) is 96.0 Å². The van der Waals surface area contributed by atoms with Gasteiger partial charge in [0, 0.05) is 31.9 Å². The predicted molar refractivity (Wildman–Crippen MR) is 158 cm³/mol. The molecule has 4 aromatic rings. The van der Waals surface area contributed by atoms with E-state index in [4.69, 9.17) is 4.55 Å². The first-order valence-electron chi connectivity index (χ1n) is 13.5. The molecule has 0 spiro atoms. The van der Waals surface area contributed by atoms with E-state index >= 15 is 0 Å². The Bertz CT molecular complexity index is 1620. The van der Waals surface area contributed by atoms with Gasteiger partial charge in [0.05, 0.1) is 10.5 Å². The highest BCUT2D eigenvalue weighted by Gasteiger charge is 2.30. The Kier molecular flexibility index (Phi) is 9.82. The van der Waals surface area contributed by atoms with Crippen LogP contribution in [0, 0.1) is 6.92 Å². The van der Waals surface area contributed by atoms with E-state index in [-0.39, 0.29) is 10.5 Å². The minimum Gasteiger partial charge on any atom is -0.341 e. The van der Waals surface area contributed by atoms with E-state index in [1.54, 1.807) is 31.4 Å². The molecule has 0 aliphatic carbocycles. The number of piperidine rings is 1. The molecule has 0 bridgehead atoms. The molecule has 0 unspecified atom stereocenters. The molecule has 5 rings (SSSR count). The topological polar surface area (TPSA) is 104 Å². The number of anilines is 2. The highest BCUT2D eigenvalue weighted by Crippen LogP contribution is 2.31. The van der Waals surface area contributed by atoms with Gasteiger partial charge >= 0.3 is 6.18 Å². The Labute approximate surface area is 248 Å². The third-order valence-electron chi connectivity index (χ3n) is 7.10. The molecule has 1 fully saturated rings. The minimum absolute atomic E-state index is 0.0666. The summed E-state index contributed by atoms with van der Waals surface area (Å²) in [5.41, 5.74) is 1.66. The standard InChI is InChI=1S/C24H23F3N4O.C7H8O3S/c1-30(22(32)19-7-9-20(10-8-19)24(25,26)27)21-11-14-28-23(29-21)31-15-12-18(13-16-31)17-5-3-2-4-6-17;1-6-2-4-7(5-3-6)11(8,9)10/h2-11,14,18H,12-13,15-16H2,1H3;2-5H,1H3,(H,8,9,10). The average Bonchev–Trinajstić information content (AvgIpc) is 3.01. The molecular weight excluding hydrogens is 581 g/mol. The number of aromatic nitrogens is 2. The van der Waals surface area contributed by atoms with E-state index in [1.807, 2.05) is 13.0 Å². The first-order valence-corrected chi connectivity index (χ1v) is 14.9. The summed E-state index contributed by atoms with van der Waals surface area (Å²) in [5, 5.41) is 0. The molecule has 1 aliphatic heterocycles. The molecule has 1 saturated heterocycles. The molecule has 0 atom stereocenters. The molecule has 3 aromatic carbocycles. The number of carbonyl (C=O) groups excluding carboxylic acids is 1. The van der Waals surface area contributed by atoms with Crippen LogP contribution >= 0.6 is 0 Å². The fourth-order valence-electron chi connectivity index (χ4n) is 4.63. The second kappa shape index (κ2) is 13.3. The lowest BCUT2D eigenvalue weighted by molar-refractivity contribution is -0.137. The zero-order valence-electron chi connectivity index (χ0n) is 23.6. The second-order valence-corrected chi connectivity index (χ2v) is 11.5. The molecule has 1 amide bonds. The highest BCUT2D eigenvalue weighted by molar-refractivity contribution is 7.85. The first-order chi connectivity index (χ1) is 20.3. The van der Waals surface area contributed by atoms with E-state index in [1.165, 1.54) is 34.7 Å². The summed E-state index contributed by atoms with van der Waals surface area (Å²) in [5.74, 6) is 0.997. The number of hydrogen-bond donors (Lipinski definition) is 1. The van der Waals surface area contributed by atoms with Crippen molar-refractivity contribution in [2.75, 3.05) is 29.9 Å². The Morgan fingerprint density at radius 3 is 2.09 bits per heavy atom. The summed E-state index contributed by atoms with van der Waals surface area (Å²) in [7, 11) is -2.47. The van der Waals surface area contributed by atoms with Crippen LogP contribution in [0.1, 0.15) is 45.8 Å². The summed E-state index contributed by atoms with van der Waals surface area (Å²) in [6.45, 7) is 3.45. The lowest BCUT2D eigenvalue weighted by atomic mass is 9.90. The SMILES string of the molecule is CN(C(=O)c1ccc(C(F)(F)F)cc1)c1ccnc(N2CCC(c3ccccc3)CC2)n1.Cc1ccc(S(=O)(=O)O)cc1. The second-order valence-electron chi connectivity index (χ2n) is 10.1. The van der Waals surface area contributed by atoms with Crippen molar-refractivity contribution in [3.8, 4) is 0 Å². The molecule has 8 nitrogen and oxygen atoms in total. The van der Waals surface area contributed by atoms with Gasteiger partial charge in [-0.1, -0.05) is 48.0 Å². The van der Waals surface area contributed by atoms with Gasteiger partial charge in [-0.2, -0.15) is 26.6 Å². The van der Waals surface area contributed by atoms with E-state index in [2.05, 4.69) is 39.1 Å². The van der Waals surface area contributed by atoms with Crippen molar-refractivity contribution in [2.45, 2.75) is 36.8 Å². The van der Waals surface area contributed by atoms with E-state index in [0.29, 0.717) is 17.7 Å². The molecule has 0 radical (unpaired) electrons. The van der Waals surface area contributed by atoms with Crippen molar-refractivity contribution in [3.63, 3.8) is 0 Å². The monoisotopic (exact) mass is 612 g/mol. The lowest BCUT2D eigenvalue weighted by Gasteiger charge is -2.32. The maximum atomic E-state index is 12.8. The third-order valence-corrected chi connectivity index (χ3v) is 7.97. The van der Waals surface area contributed by atoms with Crippen molar-refractivity contribution in [1.29, 1.82) is 0 Å². The van der Waals surface area contributed by atoms with E-state index in [9.17, 15) is 26.4 Å². The van der Waals surface area contributed by atoms with Crippen LogP contribution in [-0.4, -0.2) is 49.0 Å². The number of halogens is 3. The van der Waals surface area contributed by atoms with Crippen molar-refractivity contribution in [3.05, 3.63) is 113 Å². The van der Waals surface area contributed by atoms with Crippen LogP contribution in [-0.2, 0) is 16.3 Å². The Morgan fingerprint density at radius 2 is 1.53 bits per heavy atom. The van der Waals surface area contributed by atoms with Crippen LogP contribution in [0.2, 0.25) is 0 Å². The summed E-state index contributed by atoms with van der Waals surface area (Å²) in [6.07, 6.45) is -0.879. The van der Waals surface area contributed by atoms with Crippen molar-refractivity contribution < 1.29 is 30.9 Å². The summed E-state index contributed by atoms with van der Waals surface area (Å²) < 4.78 is 67.9. The molecule has 0 saturated carbocycles. The van der Waals surface area contributed by atoms with Gasteiger partial charge in [0.15, 0.2) is 0 Å². The molecule has 43 heavy (non-hydrogen) atoms. The molecule has 1 N–H and O–H groups in total. The van der Waals surface area contributed by atoms with Gasteiger partial charge in [-0.15, -0.1) is 0 Å². The minimum atomic E-state index is -4.44. The lowest BCUT2D eigenvalue weighted by Crippen LogP contribution is -2.35. The number of nitrogens with zero attached hydrogens (tertiary/aromatic N) is 4. The maximum Gasteiger partial charge on any atom is 0.416 e. The maximum absolute atomic E-state index is 12.8. The number of aryl methyl sites for hydroxylation is 1. The van der Waals surface area contributed by atoms with Crippen molar-refractivity contribution in [2.24, 2.45) is 0 Å². The summed E-state index contributed by atoms with van der Waals surface area (Å²) >= 11 is 0. The van der Waals surface area contributed by atoms with E-state index < -0.39 is 27.8 Å². The number of benzene rings is 3. The van der Waals surface area contributed by atoms with Crippen LogP contribution in [0.3, 0.4) is 0 Å². The molecular formula is C31H31F3N4O4S. The number of hydrogen-bond acceptors (Lipinski definition) is 6. The molecule has 1 aromatic heterocycles. The molecule has 1 aliphatic rings.